The van der Waals surface area contributed by atoms with E-state index < -0.39 is 11.9 Å². The molecule has 0 atom stereocenters. The zero-order chi connectivity index (χ0) is 20.3. The van der Waals surface area contributed by atoms with Crippen molar-refractivity contribution in [1.82, 2.24) is 19.9 Å². The van der Waals surface area contributed by atoms with Crippen LogP contribution in [0.2, 0.25) is 0 Å². The molecular formula is C21H22F3N5. The lowest BCUT2D eigenvalue weighted by atomic mass is 10.0. The molecule has 0 bridgehead atoms. The Morgan fingerprint density at radius 1 is 1.07 bits per heavy atom. The first-order valence-electron chi connectivity index (χ1n) is 9.70. The maximum absolute atomic E-state index is 12.9. The van der Waals surface area contributed by atoms with Crippen LogP contribution in [0.25, 0.3) is 10.9 Å². The summed E-state index contributed by atoms with van der Waals surface area (Å²) >= 11 is 0. The van der Waals surface area contributed by atoms with Crippen molar-refractivity contribution >= 4 is 16.7 Å². The van der Waals surface area contributed by atoms with E-state index in [1.54, 1.807) is 6.20 Å². The molecule has 0 aromatic carbocycles. The molecule has 0 aliphatic carbocycles. The highest BCUT2D eigenvalue weighted by Gasteiger charge is 2.32. The quantitative estimate of drug-likeness (QED) is 0.696. The smallest absolute Gasteiger partial charge is 0.367 e. The molecule has 5 nitrogen and oxygen atoms in total. The molecule has 4 heterocycles. The van der Waals surface area contributed by atoms with Gasteiger partial charge in [0.25, 0.3) is 0 Å². The van der Waals surface area contributed by atoms with Gasteiger partial charge in [-0.15, -0.1) is 0 Å². The van der Waals surface area contributed by atoms with E-state index in [9.17, 15) is 13.2 Å². The topological polar surface area (TPSA) is 53.9 Å². The Kier molecular flexibility index (Phi) is 5.62. The van der Waals surface area contributed by atoms with E-state index in [4.69, 9.17) is 0 Å². The van der Waals surface area contributed by atoms with Gasteiger partial charge in [-0.25, -0.2) is 9.97 Å². The average molecular weight is 401 g/mol. The summed E-state index contributed by atoms with van der Waals surface area (Å²) in [5.41, 5.74) is 0.647. The van der Waals surface area contributed by atoms with Gasteiger partial charge in [0.15, 0.2) is 0 Å². The van der Waals surface area contributed by atoms with Crippen LogP contribution in [0.3, 0.4) is 0 Å². The molecule has 0 spiro atoms. The van der Waals surface area contributed by atoms with E-state index in [1.165, 1.54) is 23.9 Å². The lowest BCUT2D eigenvalue weighted by Crippen LogP contribution is -2.40. The molecule has 1 aliphatic rings. The fraction of sp³-hybridized carbons (Fsp3) is 0.381. The predicted molar refractivity (Wildman–Crippen MR) is 106 cm³/mol. The Morgan fingerprint density at radius 3 is 2.62 bits per heavy atom. The van der Waals surface area contributed by atoms with Crippen LogP contribution in [0.5, 0.6) is 0 Å². The van der Waals surface area contributed by atoms with E-state index in [0.717, 1.165) is 45.0 Å². The molecule has 3 aromatic rings. The number of likely N-dealkylation sites (tertiary alicyclic amines) is 1. The van der Waals surface area contributed by atoms with Crippen LogP contribution in [0.1, 0.15) is 24.1 Å². The first kappa shape index (κ1) is 19.6. The molecule has 4 rings (SSSR count). The van der Waals surface area contributed by atoms with Crippen LogP contribution in [-0.2, 0) is 12.6 Å². The van der Waals surface area contributed by atoms with Crippen molar-refractivity contribution in [2.75, 3.05) is 25.0 Å². The number of nitrogens with one attached hydrogen (secondary N) is 1. The second-order valence-electron chi connectivity index (χ2n) is 7.29. The van der Waals surface area contributed by atoms with E-state index >= 15 is 0 Å². The minimum atomic E-state index is -4.45. The van der Waals surface area contributed by atoms with Crippen LogP contribution in [0, 0.1) is 0 Å². The van der Waals surface area contributed by atoms with Crippen molar-refractivity contribution in [2.45, 2.75) is 31.5 Å². The molecule has 0 radical (unpaired) electrons. The molecule has 29 heavy (non-hydrogen) atoms. The second-order valence-corrected chi connectivity index (χ2v) is 7.29. The van der Waals surface area contributed by atoms with Gasteiger partial charge in [-0.2, -0.15) is 13.2 Å². The van der Waals surface area contributed by atoms with Crippen LogP contribution in [0.4, 0.5) is 19.0 Å². The average Bonchev–Trinajstić information content (AvgIpc) is 2.73. The van der Waals surface area contributed by atoms with Crippen molar-refractivity contribution in [3.63, 3.8) is 0 Å². The fourth-order valence-electron chi connectivity index (χ4n) is 3.65. The summed E-state index contributed by atoms with van der Waals surface area (Å²) in [5.74, 6) is 0.595. The molecule has 0 unspecified atom stereocenters. The number of aromatic nitrogens is 3. The van der Waals surface area contributed by atoms with Gasteiger partial charge < -0.3 is 10.2 Å². The Morgan fingerprint density at radius 2 is 1.90 bits per heavy atom. The maximum atomic E-state index is 12.9. The molecule has 1 fully saturated rings. The molecule has 152 valence electrons. The summed E-state index contributed by atoms with van der Waals surface area (Å²) in [6.45, 7) is 2.94. The van der Waals surface area contributed by atoms with Gasteiger partial charge in [-0.05, 0) is 49.1 Å². The summed E-state index contributed by atoms with van der Waals surface area (Å²) < 4.78 is 38.7. The van der Waals surface area contributed by atoms with Gasteiger partial charge in [0.2, 0.25) is 0 Å². The fourth-order valence-corrected chi connectivity index (χ4v) is 3.65. The number of fused-ring (bicyclic) bond motifs is 1. The number of piperidine rings is 1. The Labute approximate surface area is 167 Å². The highest BCUT2D eigenvalue weighted by molar-refractivity contribution is 5.89. The third-order valence-electron chi connectivity index (χ3n) is 5.27. The lowest BCUT2D eigenvalue weighted by Gasteiger charge is -2.32. The molecular weight excluding hydrogens is 379 g/mol. The van der Waals surface area contributed by atoms with E-state index in [-0.39, 0.29) is 6.04 Å². The maximum Gasteiger partial charge on any atom is 0.433 e. The van der Waals surface area contributed by atoms with Gasteiger partial charge in [0, 0.05) is 49.7 Å². The number of alkyl halides is 3. The normalized spacial score (nSPS) is 16.2. The van der Waals surface area contributed by atoms with Crippen LogP contribution < -0.4 is 5.32 Å². The van der Waals surface area contributed by atoms with Crippen molar-refractivity contribution in [3.8, 4) is 0 Å². The van der Waals surface area contributed by atoms with Crippen LogP contribution in [-0.4, -0.2) is 45.5 Å². The van der Waals surface area contributed by atoms with Crippen LogP contribution >= 0.6 is 0 Å². The first-order valence-corrected chi connectivity index (χ1v) is 9.70. The number of hydrogen-bond donors (Lipinski definition) is 1. The van der Waals surface area contributed by atoms with E-state index in [2.05, 4.69) is 31.2 Å². The van der Waals surface area contributed by atoms with Gasteiger partial charge >= 0.3 is 6.18 Å². The van der Waals surface area contributed by atoms with Gasteiger partial charge in [-0.1, -0.05) is 6.07 Å². The number of halogens is 3. The Bertz CT molecular complexity index is 953. The molecule has 3 aromatic heterocycles. The third kappa shape index (κ3) is 4.82. The van der Waals surface area contributed by atoms with Crippen molar-refractivity contribution < 1.29 is 13.2 Å². The van der Waals surface area contributed by atoms with Crippen molar-refractivity contribution in [1.29, 1.82) is 0 Å². The van der Waals surface area contributed by atoms with Gasteiger partial charge in [0.1, 0.15) is 11.5 Å². The van der Waals surface area contributed by atoms with Crippen molar-refractivity contribution in [2.24, 2.45) is 0 Å². The highest BCUT2D eigenvalue weighted by Crippen LogP contribution is 2.30. The highest BCUT2D eigenvalue weighted by atomic mass is 19.4. The number of rotatable bonds is 5. The monoisotopic (exact) mass is 401 g/mol. The number of nitrogens with zero attached hydrogens (tertiary/aromatic N) is 4. The van der Waals surface area contributed by atoms with E-state index in [0.29, 0.717) is 16.7 Å². The second kappa shape index (κ2) is 8.32. The number of pyridine rings is 3. The van der Waals surface area contributed by atoms with Gasteiger partial charge in [-0.3, -0.25) is 4.98 Å². The predicted octanol–water partition coefficient (Wildman–Crippen LogP) is 4.16. The third-order valence-corrected chi connectivity index (χ3v) is 5.27. The SMILES string of the molecule is FC(F)(F)c1ccc2c(NC3CCN(CCc4cccnc4)CC3)nccc2n1. The lowest BCUT2D eigenvalue weighted by molar-refractivity contribution is -0.140. The van der Waals surface area contributed by atoms with E-state index in [1.807, 2.05) is 12.3 Å². The zero-order valence-corrected chi connectivity index (χ0v) is 15.9. The molecule has 1 N–H and O–H groups in total. The summed E-state index contributed by atoms with van der Waals surface area (Å²) in [7, 11) is 0. The minimum absolute atomic E-state index is 0.241. The zero-order valence-electron chi connectivity index (χ0n) is 15.9. The summed E-state index contributed by atoms with van der Waals surface area (Å²) in [6.07, 6.45) is 3.62. The molecule has 0 saturated carbocycles. The van der Waals surface area contributed by atoms with Crippen molar-refractivity contribution in [3.05, 3.63) is 60.2 Å². The molecule has 1 aliphatic heterocycles. The summed E-state index contributed by atoms with van der Waals surface area (Å²) in [6, 6.07) is 8.25. The number of hydrogen-bond acceptors (Lipinski definition) is 5. The Hall–Kier alpha value is -2.74. The van der Waals surface area contributed by atoms with Crippen LogP contribution in [0.15, 0.2) is 48.9 Å². The molecule has 8 heteroatoms. The molecule has 0 amide bonds. The summed E-state index contributed by atoms with van der Waals surface area (Å²) in [5, 5.41) is 4.02. The standard InChI is InChI=1S/C21H22F3N5/c22-21(23,24)19-4-3-17-18(28-19)5-10-26-20(17)27-16-7-12-29(13-8-16)11-6-15-2-1-9-25-14-15/h1-5,9-10,14,16H,6-8,11-13H2,(H,26,27). The first-order chi connectivity index (χ1) is 14.0. The largest absolute Gasteiger partial charge is 0.433 e. The molecule has 1 saturated heterocycles. The Balaban J connectivity index is 1.36. The van der Waals surface area contributed by atoms with Gasteiger partial charge in [0.05, 0.1) is 5.52 Å². The summed E-state index contributed by atoms with van der Waals surface area (Å²) in [4.78, 5) is 14.7. The minimum Gasteiger partial charge on any atom is -0.367 e. The number of anilines is 1.